The Bertz CT molecular complexity index is 477. The first-order chi connectivity index (χ1) is 6.83. The molecule has 0 aliphatic carbocycles. The highest BCUT2D eigenvalue weighted by atomic mass is 16.3. The summed E-state index contributed by atoms with van der Waals surface area (Å²) in [5.74, 6) is 0.267. The molecule has 0 unspecified atom stereocenters. The molecule has 2 heteroatoms. The van der Waals surface area contributed by atoms with Crippen molar-refractivity contribution in [1.29, 1.82) is 0 Å². The number of fused-ring (bicyclic) bond motifs is 1. The second-order valence-electron chi connectivity index (χ2n) is 3.14. The van der Waals surface area contributed by atoms with E-state index in [9.17, 15) is 5.11 Å². The molecule has 0 radical (unpaired) electrons. The summed E-state index contributed by atoms with van der Waals surface area (Å²) in [6.07, 6.45) is 4.11. The summed E-state index contributed by atoms with van der Waals surface area (Å²) in [6, 6.07) is 7.65. The number of nitrogens with zero attached hydrogens (tertiary/aromatic N) is 1. The second kappa shape index (κ2) is 3.50. The van der Waals surface area contributed by atoms with E-state index in [1.807, 2.05) is 24.3 Å². The van der Waals surface area contributed by atoms with Crippen molar-refractivity contribution < 1.29 is 5.11 Å². The lowest BCUT2D eigenvalue weighted by Gasteiger charge is -2.04. The average molecular weight is 185 g/mol. The van der Waals surface area contributed by atoms with Crippen LogP contribution in [0.5, 0.6) is 5.75 Å². The van der Waals surface area contributed by atoms with Gasteiger partial charge in [0.05, 0.1) is 0 Å². The molecule has 0 bridgehead atoms. The number of hydrogen-bond acceptors (Lipinski definition) is 2. The fourth-order valence-corrected chi connectivity index (χ4v) is 1.49. The highest BCUT2D eigenvalue weighted by Crippen LogP contribution is 2.26. The molecular weight excluding hydrogens is 174 g/mol. The van der Waals surface area contributed by atoms with Gasteiger partial charge in [-0.1, -0.05) is 24.3 Å². The minimum absolute atomic E-state index is 0.267. The van der Waals surface area contributed by atoms with Gasteiger partial charge in [-0.25, -0.2) is 0 Å². The molecule has 0 amide bonds. The van der Waals surface area contributed by atoms with Crippen molar-refractivity contribution in [3.05, 3.63) is 48.7 Å². The van der Waals surface area contributed by atoms with E-state index >= 15 is 0 Å². The maximum absolute atomic E-state index is 9.87. The minimum atomic E-state index is 0.267. The maximum Gasteiger partial charge on any atom is 0.145 e. The smallest absolute Gasteiger partial charge is 0.145 e. The third kappa shape index (κ3) is 1.35. The molecule has 0 aliphatic heterocycles. The number of phenolic OH excluding ortho intramolecular Hbond substituents is 1. The van der Waals surface area contributed by atoms with E-state index in [1.54, 1.807) is 12.3 Å². The van der Waals surface area contributed by atoms with Gasteiger partial charge in [0.1, 0.15) is 11.3 Å². The Morgan fingerprint density at radius 1 is 1.36 bits per heavy atom. The van der Waals surface area contributed by atoms with Gasteiger partial charge in [0, 0.05) is 11.6 Å². The zero-order valence-corrected chi connectivity index (χ0v) is 7.77. The lowest BCUT2D eigenvalue weighted by atomic mass is 10.1. The van der Waals surface area contributed by atoms with Crippen LogP contribution < -0.4 is 0 Å². The molecule has 2 aromatic rings. The highest BCUT2D eigenvalue weighted by Gasteiger charge is 2.04. The van der Waals surface area contributed by atoms with Crippen LogP contribution in [-0.4, -0.2) is 10.1 Å². The summed E-state index contributed by atoms with van der Waals surface area (Å²) < 4.78 is 0. The van der Waals surface area contributed by atoms with Crippen LogP contribution in [-0.2, 0) is 6.42 Å². The topological polar surface area (TPSA) is 33.1 Å². The standard InChI is InChI=1S/C12H11NO/c1-2-4-10-7-6-9-5-3-8-13-11(9)12(10)14/h2-3,5-8,14H,1,4H2. The summed E-state index contributed by atoms with van der Waals surface area (Å²) in [4.78, 5) is 4.14. The number of aromatic hydroxyl groups is 1. The van der Waals surface area contributed by atoms with Crippen molar-refractivity contribution in [2.75, 3.05) is 0 Å². The van der Waals surface area contributed by atoms with Crippen molar-refractivity contribution >= 4 is 10.9 Å². The molecular formula is C12H11NO. The van der Waals surface area contributed by atoms with Gasteiger partial charge in [-0.15, -0.1) is 6.58 Å². The second-order valence-corrected chi connectivity index (χ2v) is 3.14. The monoisotopic (exact) mass is 185 g/mol. The molecule has 2 rings (SSSR count). The number of benzene rings is 1. The summed E-state index contributed by atoms with van der Waals surface area (Å²) >= 11 is 0. The molecule has 0 aliphatic rings. The number of hydrogen-bond donors (Lipinski definition) is 1. The van der Waals surface area contributed by atoms with Gasteiger partial charge >= 0.3 is 0 Å². The number of allylic oxidation sites excluding steroid dienone is 1. The Hall–Kier alpha value is -1.83. The lowest BCUT2D eigenvalue weighted by molar-refractivity contribution is 0.475. The zero-order valence-electron chi connectivity index (χ0n) is 7.77. The summed E-state index contributed by atoms with van der Waals surface area (Å²) in [7, 11) is 0. The molecule has 0 saturated heterocycles. The number of rotatable bonds is 2. The SMILES string of the molecule is C=CCc1ccc2cccnc2c1O. The van der Waals surface area contributed by atoms with Gasteiger partial charge in [0.2, 0.25) is 0 Å². The van der Waals surface area contributed by atoms with Crippen molar-refractivity contribution in [1.82, 2.24) is 4.98 Å². The normalized spacial score (nSPS) is 10.3. The van der Waals surface area contributed by atoms with Gasteiger partial charge in [-0.2, -0.15) is 0 Å². The summed E-state index contributed by atoms with van der Waals surface area (Å²) in [5.41, 5.74) is 1.53. The van der Waals surface area contributed by atoms with Gasteiger partial charge in [-0.3, -0.25) is 4.98 Å². The molecule has 0 spiro atoms. The Kier molecular flexibility index (Phi) is 2.19. The van der Waals surface area contributed by atoms with E-state index in [-0.39, 0.29) is 5.75 Å². The van der Waals surface area contributed by atoms with Gasteiger partial charge in [0.25, 0.3) is 0 Å². The molecule has 0 fully saturated rings. The molecule has 70 valence electrons. The molecule has 14 heavy (non-hydrogen) atoms. The Labute approximate surface area is 82.5 Å². The van der Waals surface area contributed by atoms with Crippen LogP contribution >= 0.6 is 0 Å². The van der Waals surface area contributed by atoms with Crippen molar-refractivity contribution in [2.45, 2.75) is 6.42 Å². The number of aromatic nitrogens is 1. The van der Waals surface area contributed by atoms with Crippen LogP contribution in [0.3, 0.4) is 0 Å². The first-order valence-corrected chi connectivity index (χ1v) is 4.49. The van der Waals surface area contributed by atoms with E-state index in [0.29, 0.717) is 11.9 Å². The van der Waals surface area contributed by atoms with E-state index < -0.39 is 0 Å². The van der Waals surface area contributed by atoms with Crippen LogP contribution in [0.15, 0.2) is 43.1 Å². The van der Waals surface area contributed by atoms with Crippen molar-refractivity contribution in [3.63, 3.8) is 0 Å². The third-order valence-electron chi connectivity index (χ3n) is 2.20. The van der Waals surface area contributed by atoms with Crippen molar-refractivity contribution in [2.24, 2.45) is 0 Å². The first-order valence-electron chi connectivity index (χ1n) is 4.49. The predicted molar refractivity (Wildman–Crippen MR) is 57.3 cm³/mol. The number of phenols is 1. The Morgan fingerprint density at radius 2 is 2.21 bits per heavy atom. The average Bonchev–Trinajstić information content (AvgIpc) is 2.23. The molecule has 1 heterocycles. The Balaban J connectivity index is 2.68. The molecule has 1 aromatic heterocycles. The Morgan fingerprint density at radius 3 is 3.00 bits per heavy atom. The van der Waals surface area contributed by atoms with Crippen LogP contribution in [0.1, 0.15) is 5.56 Å². The zero-order chi connectivity index (χ0) is 9.97. The van der Waals surface area contributed by atoms with Gasteiger partial charge in [-0.05, 0) is 18.1 Å². The fourth-order valence-electron chi connectivity index (χ4n) is 1.49. The van der Waals surface area contributed by atoms with Gasteiger partial charge < -0.3 is 5.11 Å². The largest absolute Gasteiger partial charge is 0.505 e. The van der Waals surface area contributed by atoms with Crippen LogP contribution in [0.4, 0.5) is 0 Å². The fraction of sp³-hybridized carbons (Fsp3) is 0.0833. The molecule has 1 N–H and O–H groups in total. The minimum Gasteiger partial charge on any atom is -0.505 e. The van der Waals surface area contributed by atoms with Crippen LogP contribution in [0, 0.1) is 0 Å². The molecule has 2 nitrogen and oxygen atoms in total. The summed E-state index contributed by atoms with van der Waals surface area (Å²) in [5, 5.41) is 10.8. The van der Waals surface area contributed by atoms with Crippen molar-refractivity contribution in [3.8, 4) is 5.75 Å². The maximum atomic E-state index is 9.87. The molecule has 1 aromatic carbocycles. The first kappa shape index (κ1) is 8.75. The van der Waals surface area contributed by atoms with Crippen LogP contribution in [0.25, 0.3) is 10.9 Å². The number of pyridine rings is 1. The van der Waals surface area contributed by atoms with E-state index in [2.05, 4.69) is 11.6 Å². The van der Waals surface area contributed by atoms with E-state index in [4.69, 9.17) is 0 Å². The van der Waals surface area contributed by atoms with E-state index in [1.165, 1.54) is 0 Å². The quantitative estimate of drug-likeness (QED) is 0.729. The highest BCUT2D eigenvalue weighted by molar-refractivity contribution is 5.85. The molecule has 0 saturated carbocycles. The molecule has 0 atom stereocenters. The third-order valence-corrected chi connectivity index (χ3v) is 2.20. The lowest BCUT2D eigenvalue weighted by Crippen LogP contribution is -1.85. The van der Waals surface area contributed by atoms with Crippen LogP contribution in [0.2, 0.25) is 0 Å². The summed E-state index contributed by atoms with van der Waals surface area (Å²) in [6.45, 7) is 3.65. The van der Waals surface area contributed by atoms with E-state index in [0.717, 1.165) is 10.9 Å². The predicted octanol–water partition coefficient (Wildman–Crippen LogP) is 2.67. The van der Waals surface area contributed by atoms with Gasteiger partial charge in [0.15, 0.2) is 0 Å².